The molecule has 2 rings (SSSR count). The molecule has 2 aliphatic rings. The molecular formula is C9H12O6. The van der Waals surface area contributed by atoms with E-state index in [-0.39, 0.29) is 5.57 Å². The second-order valence-electron chi connectivity index (χ2n) is 3.88. The molecule has 15 heavy (non-hydrogen) atoms. The van der Waals surface area contributed by atoms with Gasteiger partial charge in [0, 0.05) is 11.5 Å². The van der Waals surface area contributed by atoms with Gasteiger partial charge in [-0.2, -0.15) is 0 Å². The van der Waals surface area contributed by atoms with Crippen molar-refractivity contribution in [2.24, 2.45) is 5.92 Å². The van der Waals surface area contributed by atoms with Gasteiger partial charge in [-0.3, -0.25) is 0 Å². The van der Waals surface area contributed by atoms with Gasteiger partial charge in [-0.1, -0.05) is 0 Å². The van der Waals surface area contributed by atoms with Crippen LogP contribution in [0, 0.1) is 5.92 Å². The molecule has 0 radical (unpaired) electrons. The quantitative estimate of drug-likeness (QED) is 0.362. The first-order chi connectivity index (χ1) is 6.93. The van der Waals surface area contributed by atoms with E-state index in [0.717, 1.165) is 13.2 Å². The molecule has 0 aromatic rings. The predicted octanol–water partition coefficient (Wildman–Crippen LogP) is -2.46. The summed E-state index contributed by atoms with van der Waals surface area (Å²) in [5.41, 5.74) is -1.95. The van der Waals surface area contributed by atoms with Crippen LogP contribution in [-0.4, -0.2) is 57.4 Å². The average molecular weight is 216 g/mol. The number of methoxy groups -OCH3 is 1. The highest BCUT2D eigenvalue weighted by Gasteiger charge is 2.64. The van der Waals surface area contributed by atoms with Gasteiger partial charge in [-0.05, 0) is 6.08 Å². The summed E-state index contributed by atoms with van der Waals surface area (Å²) in [4.78, 5) is 11.2. The van der Waals surface area contributed by atoms with Crippen LogP contribution in [0.15, 0.2) is 11.6 Å². The molecule has 5 atom stereocenters. The van der Waals surface area contributed by atoms with E-state index < -0.39 is 35.8 Å². The number of rotatable bonds is 1. The van der Waals surface area contributed by atoms with Gasteiger partial charge in [-0.15, -0.1) is 0 Å². The summed E-state index contributed by atoms with van der Waals surface area (Å²) < 4.78 is 4.44. The third kappa shape index (κ3) is 1.10. The van der Waals surface area contributed by atoms with E-state index in [9.17, 15) is 25.2 Å². The van der Waals surface area contributed by atoms with Crippen molar-refractivity contribution in [2.75, 3.05) is 7.11 Å². The Bertz CT molecular complexity index is 337. The molecule has 0 heterocycles. The number of hydrogen-bond acceptors (Lipinski definition) is 6. The summed E-state index contributed by atoms with van der Waals surface area (Å²) in [6.45, 7) is 0. The van der Waals surface area contributed by atoms with Gasteiger partial charge in [-0.25, -0.2) is 4.79 Å². The monoisotopic (exact) mass is 216 g/mol. The summed E-state index contributed by atoms with van der Waals surface area (Å²) >= 11 is 0. The van der Waals surface area contributed by atoms with Crippen molar-refractivity contribution in [1.82, 2.24) is 0 Å². The van der Waals surface area contributed by atoms with Crippen LogP contribution >= 0.6 is 0 Å². The van der Waals surface area contributed by atoms with Gasteiger partial charge in [0.05, 0.1) is 19.3 Å². The maximum atomic E-state index is 11.2. The smallest absolute Gasteiger partial charge is 0.333 e. The summed E-state index contributed by atoms with van der Waals surface area (Å²) in [7, 11) is 1.16. The van der Waals surface area contributed by atoms with Crippen molar-refractivity contribution in [3.8, 4) is 0 Å². The number of fused-ring (bicyclic) bond motifs is 2. The van der Waals surface area contributed by atoms with Crippen LogP contribution in [0.25, 0.3) is 0 Å². The fraction of sp³-hybridized carbons (Fsp3) is 0.667. The van der Waals surface area contributed by atoms with Crippen LogP contribution in [0.4, 0.5) is 0 Å². The average Bonchev–Trinajstić information content (AvgIpc) is 2.56. The van der Waals surface area contributed by atoms with Crippen molar-refractivity contribution in [2.45, 2.75) is 23.9 Å². The Hall–Kier alpha value is -0.950. The van der Waals surface area contributed by atoms with E-state index in [1.807, 2.05) is 0 Å². The summed E-state index contributed by atoms with van der Waals surface area (Å²) in [6, 6.07) is 0. The maximum Gasteiger partial charge on any atom is 0.333 e. The third-order valence-electron chi connectivity index (χ3n) is 3.15. The Morgan fingerprint density at radius 3 is 2.40 bits per heavy atom. The van der Waals surface area contributed by atoms with Crippen LogP contribution in [0.1, 0.15) is 0 Å². The van der Waals surface area contributed by atoms with Gasteiger partial charge >= 0.3 is 5.97 Å². The number of ether oxygens (including phenoxy) is 1. The van der Waals surface area contributed by atoms with Crippen LogP contribution in [-0.2, 0) is 9.53 Å². The molecule has 6 heteroatoms. The fourth-order valence-corrected chi connectivity index (χ4v) is 2.30. The topological polar surface area (TPSA) is 107 Å². The lowest BCUT2D eigenvalue weighted by atomic mass is 9.92. The molecule has 0 aromatic heterocycles. The first kappa shape index (κ1) is 10.6. The van der Waals surface area contributed by atoms with Gasteiger partial charge in [0.25, 0.3) is 0 Å². The van der Waals surface area contributed by atoms with Crippen molar-refractivity contribution in [1.29, 1.82) is 0 Å². The molecule has 6 nitrogen and oxygen atoms in total. The van der Waals surface area contributed by atoms with Crippen molar-refractivity contribution in [3.05, 3.63) is 11.6 Å². The van der Waals surface area contributed by atoms with E-state index in [0.29, 0.717) is 0 Å². The highest BCUT2D eigenvalue weighted by molar-refractivity contribution is 5.91. The van der Waals surface area contributed by atoms with E-state index in [4.69, 9.17) is 0 Å². The first-order valence-corrected chi connectivity index (χ1v) is 4.51. The predicted molar refractivity (Wildman–Crippen MR) is 46.6 cm³/mol. The SMILES string of the molecule is COC(=O)C1=C[C@]2(O)[C@H](O)[C@H](O)[C@H]1[C@H]2O. The van der Waals surface area contributed by atoms with Crippen LogP contribution in [0.2, 0.25) is 0 Å². The Kier molecular flexibility index (Phi) is 2.13. The maximum absolute atomic E-state index is 11.2. The molecule has 1 fully saturated rings. The zero-order valence-corrected chi connectivity index (χ0v) is 7.99. The second-order valence-corrected chi connectivity index (χ2v) is 3.88. The molecule has 0 spiro atoms. The number of aliphatic hydroxyl groups excluding tert-OH is 3. The van der Waals surface area contributed by atoms with E-state index >= 15 is 0 Å². The van der Waals surface area contributed by atoms with Crippen molar-refractivity contribution in [3.63, 3.8) is 0 Å². The minimum atomic E-state index is -1.95. The van der Waals surface area contributed by atoms with Crippen LogP contribution in [0.3, 0.4) is 0 Å². The molecule has 0 amide bonds. The zero-order valence-electron chi connectivity index (χ0n) is 7.99. The lowest BCUT2D eigenvalue weighted by Crippen LogP contribution is -2.46. The standard InChI is InChI=1S/C9H12O6/c1-15-8(13)3-2-9(14)6(11)4(3)5(10)7(9)12/h2,4-7,10-12,14H,1H3/t4-,5+,6+,7+,9+/m0/s1. The minimum Gasteiger partial charge on any atom is -0.466 e. The van der Waals surface area contributed by atoms with Gasteiger partial charge in [0.15, 0.2) is 0 Å². The Labute approximate surface area is 85.4 Å². The number of carbonyl (C=O) groups is 1. The van der Waals surface area contributed by atoms with Gasteiger partial charge in [0.1, 0.15) is 11.7 Å². The molecule has 2 aliphatic carbocycles. The van der Waals surface area contributed by atoms with Gasteiger partial charge < -0.3 is 25.2 Å². The van der Waals surface area contributed by atoms with Gasteiger partial charge in [0.2, 0.25) is 0 Å². The fourth-order valence-electron chi connectivity index (χ4n) is 2.30. The van der Waals surface area contributed by atoms with Crippen molar-refractivity contribution < 1.29 is 30.0 Å². The highest BCUT2D eigenvalue weighted by atomic mass is 16.5. The zero-order chi connectivity index (χ0) is 11.4. The number of esters is 1. The minimum absolute atomic E-state index is 0.00491. The summed E-state index contributed by atoms with van der Waals surface area (Å²) in [6.07, 6.45) is -3.16. The third-order valence-corrected chi connectivity index (χ3v) is 3.15. The largest absolute Gasteiger partial charge is 0.466 e. The first-order valence-electron chi connectivity index (χ1n) is 4.51. The summed E-state index contributed by atoms with van der Waals surface area (Å²) in [5.74, 6) is -1.71. The summed E-state index contributed by atoms with van der Waals surface area (Å²) in [5, 5.41) is 38.4. The highest BCUT2D eigenvalue weighted by Crippen LogP contribution is 2.47. The van der Waals surface area contributed by atoms with Crippen molar-refractivity contribution >= 4 is 5.97 Å². The van der Waals surface area contributed by atoms with Crippen LogP contribution in [0.5, 0.6) is 0 Å². The molecule has 0 saturated heterocycles. The molecular weight excluding hydrogens is 204 g/mol. The second kappa shape index (κ2) is 3.02. The number of carbonyl (C=O) groups excluding carboxylic acids is 1. The van der Waals surface area contributed by atoms with E-state index in [2.05, 4.69) is 4.74 Å². The molecule has 1 saturated carbocycles. The Balaban J connectivity index is 2.41. The Morgan fingerprint density at radius 2 is 2.00 bits per heavy atom. The molecule has 2 bridgehead atoms. The molecule has 84 valence electrons. The molecule has 4 N–H and O–H groups in total. The van der Waals surface area contributed by atoms with E-state index in [1.165, 1.54) is 0 Å². The Morgan fingerprint density at radius 1 is 1.40 bits per heavy atom. The normalized spacial score (nSPS) is 47.9. The lowest BCUT2D eigenvalue weighted by Gasteiger charge is -2.26. The molecule has 0 unspecified atom stereocenters. The molecule has 0 aromatic carbocycles. The van der Waals surface area contributed by atoms with Crippen LogP contribution < -0.4 is 0 Å². The lowest BCUT2D eigenvalue weighted by molar-refractivity contribution is -0.137. The number of aliphatic hydroxyl groups is 4. The van der Waals surface area contributed by atoms with E-state index in [1.54, 1.807) is 0 Å². The molecule has 0 aliphatic heterocycles. The number of hydrogen-bond donors (Lipinski definition) is 4.